The van der Waals surface area contributed by atoms with Crippen LogP contribution in [0.2, 0.25) is 0 Å². The molecule has 4 rings (SSSR count). The van der Waals surface area contributed by atoms with Crippen LogP contribution in [0.1, 0.15) is 16.3 Å². The summed E-state index contributed by atoms with van der Waals surface area (Å²) in [4.78, 5) is 11.8. The van der Waals surface area contributed by atoms with E-state index in [1.807, 2.05) is 42.5 Å². The average Bonchev–Trinajstić information content (AvgIpc) is 3.04. The molecule has 0 aliphatic heterocycles. The van der Waals surface area contributed by atoms with Crippen LogP contribution in [-0.2, 0) is 6.42 Å². The molecule has 0 bridgehead atoms. The van der Waals surface area contributed by atoms with Gasteiger partial charge in [-0.2, -0.15) is 0 Å². The molecule has 0 radical (unpaired) electrons. The highest BCUT2D eigenvalue weighted by Crippen LogP contribution is 2.31. The molecule has 5 heteroatoms. The first-order chi connectivity index (χ1) is 12.7. The minimum absolute atomic E-state index is 0.713. The van der Waals surface area contributed by atoms with E-state index in [1.54, 1.807) is 18.4 Å². The lowest BCUT2D eigenvalue weighted by atomic mass is 10.1. The fourth-order valence-electron chi connectivity index (χ4n) is 2.85. The van der Waals surface area contributed by atoms with E-state index < -0.39 is 0 Å². The zero-order chi connectivity index (χ0) is 17.9. The van der Waals surface area contributed by atoms with E-state index in [-0.39, 0.29) is 0 Å². The zero-order valence-corrected chi connectivity index (χ0v) is 15.5. The SMILES string of the molecule is COc1ccc(Nc2nc(Cc3ccccc3)nc3sc(C)cc23)cc1. The molecule has 26 heavy (non-hydrogen) atoms. The predicted molar refractivity (Wildman–Crippen MR) is 108 cm³/mol. The number of nitrogens with one attached hydrogen (secondary N) is 1. The number of fused-ring (bicyclic) bond motifs is 1. The van der Waals surface area contributed by atoms with E-state index in [0.29, 0.717) is 6.42 Å². The summed E-state index contributed by atoms with van der Waals surface area (Å²) in [5, 5.41) is 4.49. The fraction of sp³-hybridized carbons (Fsp3) is 0.143. The molecule has 1 N–H and O–H groups in total. The first-order valence-electron chi connectivity index (χ1n) is 8.43. The van der Waals surface area contributed by atoms with Crippen molar-refractivity contribution in [3.63, 3.8) is 0 Å². The van der Waals surface area contributed by atoms with E-state index in [1.165, 1.54) is 10.4 Å². The van der Waals surface area contributed by atoms with Gasteiger partial charge >= 0.3 is 0 Å². The van der Waals surface area contributed by atoms with Crippen molar-refractivity contribution in [2.24, 2.45) is 0 Å². The molecule has 130 valence electrons. The lowest BCUT2D eigenvalue weighted by Gasteiger charge is -2.10. The molecule has 0 fully saturated rings. The molecular formula is C21H19N3OS. The van der Waals surface area contributed by atoms with Crippen molar-refractivity contribution in [1.29, 1.82) is 0 Å². The van der Waals surface area contributed by atoms with Crippen molar-refractivity contribution in [3.05, 3.63) is 76.9 Å². The molecule has 4 aromatic rings. The van der Waals surface area contributed by atoms with Crippen LogP contribution in [0.3, 0.4) is 0 Å². The standard InChI is InChI=1S/C21H19N3OS/c1-14-12-18-20(22-16-8-10-17(25-2)11-9-16)23-19(24-21(18)26-14)13-15-6-4-3-5-7-15/h3-12H,13H2,1-2H3,(H,22,23,24). The van der Waals surface area contributed by atoms with Gasteiger partial charge in [-0.15, -0.1) is 11.3 Å². The second-order valence-electron chi connectivity index (χ2n) is 6.08. The van der Waals surface area contributed by atoms with Gasteiger partial charge in [-0.1, -0.05) is 30.3 Å². The number of hydrogen-bond donors (Lipinski definition) is 1. The summed E-state index contributed by atoms with van der Waals surface area (Å²) in [7, 11) is 1.67. The van der Waals surface area contributed by atoms with E-state index in [0.717, 1.165) is 33.3 Å². The van der Waals surface area contributed by atoms with E-state index in [9.17, 15) is 0 Å². The summed E-state index contributed by atoms with van der Waals surface area (Å²) in [5.74, 6) is 2.50. The third-order valence-electron chi connectivity index (χ3n) is 4.12. The maximum atomic E-state index is 5.23. The van der Waals surface area contributed by atoms with Crippen molar-refractivity contribution >= 4 is 33.1 Å². The third kappa shape index (κ3) is 3.53. The van der Waals surface area contributed by atoms with Crippen LogP contribution >= 0.6 is 11.3 Å². The monoisotopic (exact) mass is 361 g/mol. The number of methoxy groups -OCH3 is 1. The Bertz CT molecular complexity index is 1030. The summed E-state index contributed by atoms with van der Waals surface area (Å²) in [5.41, 5.74) is 2.18. The van der Waals surface area contributed by atoms with Gasteiger partial charge in [-0.25, -0.2) is 9.97 Å². The Morgan fingerprint density at radius 2 is 1.77 bits per heavy atom. The summed E-state index contributed by atoms with van der Waals surface area (Å²) < 4.78 is 5.23. The van der Waals surface area contributed by atoms with Gasteiger partial charge in [0.05, 0.1) is 12.5 Å². The number of benzene rings is 2. The molecule has 2 aromatic heterocycles. The van der Waals surface area contributed by atoms with Crippen molar-refractivity contribution in [2.75, 3.05) is 12.4 Å². The maximum Gasteiger partial charge on any atom is 0.142 e. The fourth-order valence-corrected chi connectivity index (χ4v) is 3.75. The molecule has 0 unspecified atom stereocenters. The Labute approximate surface area is 156 Å². The average molecular weight is 361 g/mol. The second kappa shape index (κ2) is 7.14. The highest BCUT2D eigenvalue weighted by atomic mass is 32.1. The molecular weight excluding hydrogens is 342 g/mol. The van der Waals surface area contributed by atoms with Crippen molar-refractivity contribution < 1.29 is 4.74 Å². The van der Waals surface area contributed by atoms with E-state index in [4.69, 9.17) is 14.7 Å². The van der Waals surface area contributed by atoms with Gasteiger partial charge in [0.25, 0.3) is 0 Å². The molecule has 2 heterocycles. The summed E-state index contributed by atoms with van der Waals surface area (Å²) in [6.45, 7) is 2.10. The molecule has 4 nitrogen and oxygen atoms in total. The Morgan fingerprint density at radius 1 is 1.00 bits per heavy atom. The lowest BCUT2D eigenvalue weighted by Crippen LogP contribution is -2.01. The Hall–Kier alpha value is -2.92. The third-order valence-corrected chi connectivity index (χ3v) is 5.06. The van der Waals surface area contributed by atoms with Gasteiger partial charge in [0.15, 0.2) is 0 Å². The minimum Gasteiger partial charge on any atom is -0.497 e. The van der Waals surface area contributed by atoms with Crippen molar-refractivity contribution in [1.82, 2.24) is 9.97 Å². The Kier molecular flexibility index (Phi) is 4.54. The summed E-state index contributed by atoms with van der Waals surface area (Å²) in [6, 6.07) is 20.3. The van der Waals surface area contributed by atoms with Gasteiger partial charge < -0.3 is 10.1 Å². The molecule has 0 atom stereocenters. The van der Waals surface area contributed by atoms with Gasteiger partial charge in [-0.3, -0.25) is 0 Å². The number of thiophene rings is 1. The van der Waals surface area contributed by atoms with Gasteiger partial charge in [-0.05, 0) is 42.8 Å². The van der Waals surface area contributed by atoms with Crippen molar-refractivity contribution in [2.45, 2.75) is 13.3 Å². The maximum absolute atomic E-state index is 5.23. The first-order valence-corrected chi connectivity index (χ1v) is 9.25. The quantitative estimate of drug-likeness (QED) is 0.521. The number of hydrogen-bond acceptors (Lipinski definition) is 5. The van der Waals surface area contributed by atoms with Crippen LogP contribution in [0.25, 0.3) is 10.2 Å². The van der Waals surface area contributed by atoms with Crippen LogP contribution < -0.4 is 10.1 Å². The number of anilines is 2. The summed E-state index contributed by atoms with van der Waals surface area (Å²) in [6.07, 6.45) is 0.713. The van der Waals surface area contributed by atoms with Crippen LogP contribution in [-0.4, -0.2) is 17.1 Å². The number of ether oxygens (including phenoxy) is 1. The molecule has 0 saturated heterocycles. The zero-order valence-electron chi connectivity index (χ0n) is 14.7. The summed E-state index contributed by atoms with van der Waals surface area (Å²) >= 11 is 1.70. The lowest BCUT2D eigenvalue weighted by molar-refractivity contribution is 0.415. The smallest absolute Gasteiger partial charge is 0.142 e. The number of aromatic nitrogens is 2. The highest BCUT2D eigenvalue weighted by Gasteiger charge is 2.11. The van der Waals surface area contributed by atoms with Crippen LogP contribution in [0.15, 0.2) is 60.7 Å². The molecule has 0 aliphatic carbocycles. The Morgan fingerprint density at radius 3 is 2.50 bits per heavy atom. The number of aryl methyl sites for hydroxylation is 1. The van der Waals surface area contributed by atoms with Crippen molar-refractivity contribution in [3.8, 4) is 5.75 Å². The van der Waals surface area contributed by atoms with E-state index >= 15 is 0 Å². The van der Waals surface area contributed by atoms with Crippen LogP contribution in [0, 0.1) is 6.92 Å². The van der Waals surface area contributed by atoms with Crippen LogP contribution in [0.4, 0.5) is 11.5 Å². The second-order valence-corrected chi connectivity index (χ2v) is 7.31. The topological polar surface area (TPSA) is 47.0 Å². The molecule has 2 aromatic carbocycles. The highest BCUT2D eigenvalue weighted by molar-refractivity contribution is 7.18. The first kappa shape index (κ1) is 16.5. The van der Waals surface area contributed by atoms with Crippen LogP contribution in [0.5, 0.6) is 5.75 Å². The minimum atomic E-state index is 0.713. The molecule has 0 saturated carbocycles. The van der Waals surface area contributed by atoms with Gasteiger partial charge in [0.1, 0.15) is 22.2 Å². The largest absolute Gasteiger partial charge is 0.497 e. The predicted octanol–water partition coefficient (Wildman–Crippen LogP) is 5.34. The van der Waals surface area contributed by atoms with Gasteiger partial charge in [0.2, 0.25) is 0 Å². The molecule has 0 aliphatic rings. The normalized spacial score (nSPS) is 10.8. The number of nitrogens with zero attached hydrogens (tertiary/aromatic N) is 2. The number of rotatable bonds is 5. The van der Waals surface area contributed by atoms with Gasteiger partial charge in [0, 0.05) is 17.0 Å². The molecule has 0 amide bonds. The Balaban J connectivity index is 1.71. The van der Waals surface area contributed by atoms with E-state index in [2.05, 4.69) is 30.4 Å². The molecule has 0 spiro atoms.